The van der Waals surface area contributed by atoms with Gasteiger partial charge in [-0.1, -0.05) is 47.7 Å². The number of amidine groups is 1. The Hall–Kier alpha value is -4.00. The van der Waals surface area contributed by atoms with Crippen LogP contribution in [0.15, 0.2) is 89.2 Å². The number of nitrogens with zero attached hydrogens (tertiary/aromatic N) is 2. The van der Waals surface area contributed by atoms with E-state index in [9.17, 15) is 4.79 Å². The third kappa shape index (κ3) is 5.01. The molecule has 28 heavy (non-hydrogen) atoms. The molecule has 7 heteroatoms. The standard InChI is InChI=1S/C21H19N5O2/c22-20(25-26-23)16-6-8-17(9-7-16)21(27)24-18-10-12-19(13-11-18)28-14-15-4-2-1-3-5-15/h1-13H,14H2,(H,24,27)(H3,22,23,25). The number of nitrogens with two attached hydrogens (primary N) is 1. The van der Waals surface area contributed by atoms with E-state index in [1.54, 1.807) is 48.5 Å². The molecule has 1 amide bonds. The average molecular weight is 373 g/mol. The van der Waals surface area contributed by atoms with Gasteiger partial charge in [0.05, 0.1) is 0 Å². The Bertz CT molecular complexity index is 968. The summed E-state index contributed by atoms with van der Waals surface area (Å²) in [5.74, 6) is 5.33. The van der Waals surface area contributed by atoms with Crippen molar-refractivity contribution in [1.29, 1.82) is 5.41 Å². The van der Waals surface area contributed by atoms with Crippen LogP contribution in [0.2, 0.25) is 0 Å². The molecule has 0 aliphatic carbocycles. The molecule has 0 aliphatic heterocycles. The maximum Gasteiger partial charge on any atom is 0.255 e. The molecule has 140 valence electrons. The van der Waals surface area contributed by atoms with Gasteiger partial charge in [0.25, 0.3) is 5.91 Å². The summed E-state index contributed by atoms with van der Waals surface area (Å²) in [7, 11) is 0. The Morgan fingerprint density at radius 2 is 1.57 bits per heavy atom. The van der Waals surface area contributed by atoms with E-state index < -0.39 is 0 Å². The van der Waals surface area contributed by atoms with Crippen molar-refractivity contribution < 1.29 is 9.53 Å². The number of anilines is 1. The van der Waals surface area contributed by atoms with Gasteiger partial charge in [-0.05, 0) is 42.0 Å². The van der Waals surface area contributed by atoms with Crippen molar-refractivity contribution in [1.82, 2.24) is 0 Å². The number of carbonyl (C=O) groups is 1. The SMILES string of the molecule is N=C(N=NN)c1ccc(C(=O)Nc2ccc(OCc3ccccc3)cc2)cc1. The van der Waals surface area contributed by atoms with E-state index >= 15 is 0 Å². The van der Waals surface area contributed by atoms with Gasteiger partial charge in [-0.3, -0.25) is 10.2 Å². The second kappa shape index (κ2) is 9.09. The third-order valence-electron chi connectivity index (χ3n) is 3.94. The topological polar surface area (TPSA) is 113 Å². The highest BCUT2D eigenvalue weighted by atomic mass is 16.5. The van der Waals surface area contributed by atoms with Gasteiger partial charge in [-0.15, -0.1) is 5.11 Å². The van der Waals surface area contributed by atoms with Gasteiger partial charge in [0, 0.05) is 16.8 Å². The fourth-order valence-electron chi connectivity index (χ4n) is 2.47. The van der Waals surface area contributed by atoms with Crippen LogP contribution in [0, 0.1) is 5.41 Å². The number of hydrogen-bond acceptors (Lipinski definition) is 4. The maximum absolute atomic E-state index is 12.4. The van der Waals surface area contributed by atoms with Gasteiger partial charge < -0.3 is 15.9 Å². The molecule has 4 N–H and O–H groups in total. The smallest absolute Gasteiger partial charge is 0.255 e. The molecule has 0 aromatic heterocycles. The van der Waals surface area contributed by atoms with Gasteiger partial charge in [-0.25, -0.2) is 0 Å². The van der Waals surface area contributed by atoms with E-state index in [1.165, 1.54) is 0 Å². The molecular weight excluding hydrogens is 354 g/mol. The largest absolute Gasteiger partial charge is 0.489 e. The Kier molecular flexibility index (Phi) is 6.10. The van der Waals surface area contributed by atoms with Gasteiger partial charge in [-0.2, -0.15) is 0 Å². The quantitative estimate of drug-likeness (QED) is 0.198. The Morgan fingerprint density at radius 1 is 0.929 bits per heavy atom. The van der Waals surface area contributed by atoms with Crippen molar-refractivity contribution in [2.24, 2.45) is 16.2 Å². The Balaban J connectivity index is 1.57. The van der Waals surface area contributed by atoms with E-state index in [2.05, 4.69) is 15.7 Å². The highest BCUT2D eigenvalue weighted by Crippen LogP contribution is 2.18. The first-order chi connectivity index (χ1) is 13.7. The molecule has 0 fully saturated rings. The Labute approximate surface area is 162 Å². The average Bonchev–Trinajstić information content (AvgIpc) is 2.74. The number of hydrogen-bond donors (Lipinski definition) is 3. The lowest BCUT2D eigenvalue weighted by atomic mass is 10.1. The number of carbonyl (C=O) groups excluding carboxylic acids is 1. The number of ether oxygens (including phenoxy) is 1. The van der Waals surface area contributed by atoms with E-state index in [0.29, 0.717) is 23.4 Å². The summed E-state index contributed by atoms with van der Waals surface area (Å²) in [6, 6.07) is 23.5. The fraction of sp³-hybridized carbons (Fsp3) is 0.0476. The molecule has 0 unspecified atom stereocenters. The van der Waals surface area contributed by atoms with Gasteiger partial charge >= 0.3 is 0 Å². The van der Waals surface area contributed by atoms with E-state index in [0.717, 1.165) is 11.3 Å². The lowest BCUT2D eigenvalue weighted by Gasteiger charge is -2.09. The lowest BCUT2D eigenvalue weighted by molar-refractivity contribution is 0.102. The molecule has 7 nitrogen and oxygen atoms in total. The van der Waals surface area contributed by atoms with Gasteiger partial charge in [0.15, 0.2) is 5.84 Å². The predicted octanol–water partition coefficient (Wildman–Crippen LogP) is 4.17. The lowest BCUT2D eigenvalue weighted by Crippen LogP contribution is -2.12. The predicted molar refractivity (Wildman–Crippen MR) is 107 cm³/mol. The molecule has 0 atom stereocenters. The van der Waals surface area contributed by atoms with Crippen LogP contribution in [0.3, 0.4) is 0 Å². The summed E-state index contributed by atoms with van der Waals surface area (Å²) in [5, 5.41) is 17.0. The normalized spacial score (nSPS) is 10.6. The number of amides is 1. The minimum Gasteiger partial charge on any atom is -0.489 e. The molecule has 0 saturated carbocycles. The third-order valence-corrected chi connectivity index (χ3v) is 3.94. The maximum atomic E-state index is 12.4. The van der Waals surface area contributed by atoms with E-state index in [-0.39, 0.29) is 11.7 Å². The molecule has 0 saturated heterocycles. The number of nitrogens with one attached hydrogen (secondary N) is 2. The second-order valence-corrected chi connectivity index (χ2v) is 5.89. The highest BCUT2D eigenvalue weighted by Gasteiger charge is 2.08. The minimum atomic E-state index is -0.253. The van der Waals surface area contributed by atoms with Crippen LogP contribution >= 0.6 is 0 Å². The summed E-state index contributed by atoms with van der Waals surface area (Å²) in [4.78, 5) is 12.4. The van der Waals surface area contributed by atoms with Gasteiger partial charge in [0.1, 0.15) is 12.4 Å². The van der Waals surface area contributed by atoms with Crippen molar-refractivity contribution in [3.63, 3.8) is 0 Å². The first kappa shape index (κ1) is 18.8. The van der Waals surface area contributed by atoms with Crippen LogP contribution < -0.4 is 15.9 Å². The minimum absolute atomic E-state index is 0.0689. The first-order valence-corrected chi connectivity index (χ1v) is 8.54. The second-order valence-electron chi connectivity index (χ2n) is 5.89. The van der Waals surface area contributed by atoms with E-state index in [1.807, 2.05) is 30.3 Å². The molecule has 3 aromatic carbocycles. The van der Waals surface area contributed by atoms with Crippen molar-refractivity contribution in [2.75, 3.05) is 5.32 Å². The highest BCUT2D eigenvalue weighted by molar-refractivity contribution is 6.05. The van der Waals surface area contributed by atoms with Crippen LogP contribution in [-0.4, -0.2) is 11.7 Å². The molecule has 3 rings (SSSR count). The number of rotatable bonds is 6. The summed E-state index contributed by atoms with van der Waals surface area (Å²) < 4.78 is 5.73. The van der Waals surface area contributed by atoms with Crippen LogP contribution in [0.4, 0.5) is 5.69 Å². The van der Waals surface area contributed by atoms with Crippen molar-refractivity contribution in [2.45, 2.75) is 6.61 Å². The first-order valence-electron chi connectivity index (χ1n) is 8.54. The molecule has 0 spiro atoms. The zero-order valence-electron chi connectivity index (χ0n) is 15.0. The van der Waals surface area contributed by atoms with Crippen LogP contribution in [-0.2, 0) is 6.61 Å². The molecule has 0 bridgehead atoms. The van der Waals surface area contributed by atoms with Crippen LogP contribution in [0.5, 0.6) is 5.75 Å². The summed E-state index contributed by atoms with van der Waals surface area (Å²) in [5.41, 5.74) is 2.73. The molecule has 3 aromatic rings. The monoisotopic (exact) mass is 373 g/mol. The Morgan fingerprint density at radius 3 is 2.21 bits per heavy atom. The zero-order valence-corrected chi connectivity index (χ0v) is 15.0. The van der Waals surface area contributed by atoms with Gasteiger partial charge in [0.2, 0.25) is 0 Å². The summed E-state index contributed by atoms with van der Waals surface area (Å²) >= 11 is 0. The number of benzene rings is 3. The molecular formula is C21H19N5O2. The summed E-state index contributed by atoms with van der Waals surface area (Å²) in [6.07, 6.45) is 0. The van der Waals surface area contributed by atoms with Crippen LogP contribution in [0.25, 0.3) is 0 Å². The van der Waals surface area contributed by atoms with Crippen molar-refractivity contribution in [3.8, 4) is 5.75 Å². The van der Waals surface area contributed by atoms with Crippen molar-refractivity contribution >= 4 is 17.4 Å². The van der Waals surface area contributed by atoms with Crippen molar-refractivity contribution in [3.05, 3.63) is 95.6 Å². The van der Waals surface area contributed by atoms with E-state index in [4.69, 9.17) is 16.0 Å². The zero-order chi connectivity index (χ0) is 19.8. The molecule has 0 radical (unpaired) electrons. The summed E-state index contributed by atoms with van der Waals surface area (Å²) in [6.45, 7) is 0.484. The molecule has 0 aliphatic rings. The van der Waals surface area contributed by atoms with Crippen LogP contribution in [0.1, 0.15) is 21.5 Å². The fourth-order valence-corrected chi connectivity index (χ4v) is 2.47. The molecule has 0 heterocycles.